The van der Waals surface area contributed by atoms with Crippen molar-refractivity contribution in [1.82, 2.24) is 10.2 Å². The summed E-state index contributed by atoms with van der Waals surface area (Å²) in [5.41, 5.74) is 5.39. The molecular formula is C9H21N3O. The van der Waals surface area contributed by atoms with Crippen molar-refractivity contribution in [3.8, 4) is 0 Å². The highest BCUT2D eigenvalue weighted by atomic mass is 16.2. The molecule has 13 heavy (non-hydrogen) atoms. The summed E-state index contributed by atoms with van der Waals surface area (Å²) in [6.07, 6.45) is 0.952. The summed E-state index contributed by atoms with van der Waals surface area (Å²) in [4.78, 5) is 13.3. The molecule has 0 aliphatic rings. The topological polar surface area (TPSA) is 58.4 Å². The van der Waals surface area contributed by atoms with Crippen LogP contribution < -0.4 is 11.1 Å². The lowest BCUT2D eigenvalue weighted by molar-refractivity contribution is -0.122. The van der Waals surface area contributed by atoms with Gasteiger partial charge in [0, 0.05) is 6.54 Å². The van der Waals surface area contributed by atoms with Crippen LogP contribution in [0.15, 0.2) is 0 Å². The van der Waals surface area contributed by atoms with Gasteiger partial charge in [-0.25, -0.2) is 0 Å². The molecule has 0 saturated carbocycles. The zero-order chi connectivity index (χ0) is 10.1. The summed E-state index contributed by atoms with van der Waals surface area (Å²) in [7, 11) is 0. The molecule has 0 rings (SSSR count). The van der Waals surface area contributed by atoms with Gasteiger partial charge in [-0.15, -0.1) is 0 Å². The largest absolute Gasteiger partial charge is 0.355 e. The first-order valence-corrected chi connectivity index (χ1v) is 4.93. The van der Waals surface area contributed by atoms with Crippen LogP contribution in [-0.4, -0.2) is 43.5 Å². The maximum absolute atomic E-state index is 11.2. The van der Waals surface area contributed by atoms with Crippen LogP contribution in [0.2, 0.25) is 0 Å². The van der Waals surface area contributed by atoms with Crippen molar-refractivity contribution in [3.63, 3.8) is 0 Å². The molecule has 0 aromatic rings. The van der Waals surface area contributed by atoms with Crippen molar-refractivity contribution in [3.05, 3.63) is 0 Å². The van der Waals surface area contributed by atoms with Gasteiger partial charge in [0.15, 0.2) is 0 Å². The van der Waals surface area contributed by atoms with Gasteiger partial charge >= 0.3 is 0 Å². The molecule has 0 heterocycles. The lowest BCUT2D eigenvalue weighted by atomic mass is 10.3. The van der Waals surface area contributed by atoms with Gasteiger partial charge in [-0.05, 0) is 33.0 Å². The fourth-order valence-corrected chi connectivity index (χ4v) is 1.12. The van der Waals surface area contributed by atoms with E-state index in [4.69, 9.17) is 5.73 Å². The predicted octanol–water partition coefficient (Wildman–Crippen LogP) is -0.207. The fraction of sp³-hybridized carbons (Fsp3) is 0.889. The van der Waals surface area contributed by atoms with Crippen LogP contribution in [0.5, 0.6) is 0 Å². The van der Waals surface area contributed by atoms with Crippen molar-refractivity contribution < 1.29 is 4.79 Å². The summed E-state index contributed by atoms with van der Waals surface area (Å²) in [6.45, 7) is 7.66. The van der Waals surface area contributed by atoms with E-state index < -0.39 is 0 Å². The summed E-state index contributed by atoms with van der Waals surface area (Å²) in [5, 5.41) is 2.77. The van der Waals surface area contributed by atoms with Crippen LogP contribution in [0.1, 0.15) is 20.3 Å². The zero-order valence-corrected chi connectivity index (χ0v) is 8.68. The second-order valence-electron chi connectivity index (χ2n) is 2.96. The average molecular weight is 187 g/mol. The molecule has 0 aromatic carbocycles. The van der Waals surface area contributed by atoms with E-state index in [-0.39, 0.29) is 5.91 Å². The molecule has 0 spiro atoms. The van der Waals surface area contributed by atoms with Gasteiger partial charge in [0.1, 0.15) is 0 Å². The van der Waals surface area contributed by atoms with Gasteiger partial charge in [0.05, 0.1) is 6.54 Å². The number of rotatable bonds is 7. The highest BCUT2D eigenvalue weighted by molar-refractivity contribution is 5.77. The molecule has 0 aromatic heterocycles. The number of nitrogens with two attached hydrogens (primary N) is 1. The number of likely N-dealkylation sites (N-methyl/N-ethyl adjacent to an activating group) is 2. The molecule has 78 valence electrons. The molecular weight excluding hydrogens is 166 g/mol. The van der Waals surface area contributed by atoms with Crippen molar-refractivity contribution in [2.45, 2.75) is 20.3 Å². The third kappa shape index (κ3) is 6.54. The Hall–Kier alpha value is -0.610. The van der Waals surface area contributed by atoms with Crippen LogP contribution in [-0.2, 0) is 4.79 Å². The molecule has 0 aliphatic heterocycles. The molecule has 0 radical (unpaired) electrons. The molecule has 0 aliphatic carbocycles. The first-order chi connectivity index (χ1) is 6.24. The van der Waals surface area contributed by atoms with E-state index in [1.54, 1.807) is 0 Å². The van der Waals surface area contributed by atoms with Gasteiger partial charge in [-0.3, -0.25) is 9.69 Å². The number of carbonyl (C=O) groups excluding carboxylic acids is 1. The zero-order valence-electron chi connectivity index (χ0n) is 8.68. The van der Waals surface area contributed by atoms with Gasteiger partial charge < -0.3 is 11.1 Å². The summed E-state index contributed by atoms with van der Waals surface area (Å²) in [6, 6.07) is 0. The molecule has 0 fully saturated rings. The maximum Gasteiger partial charge on any atom is 0.234 e. The van der Waals surface area contributed by atoms with E-state index in [1.807, 2.05) is 6.92 Å². The van der Waals surface area contributed by atoms with Gasteiger partial charge in [0.25, 0.3) is 0 Å². The summed E-state index contributed by atoms with van der Waals surface area (Å²) in [5.74, 6) is 0.0985. The molecule has 0 saturated heterocycles. The SMILES string of the molecule is CCNC(=O)CN(CC)CCCN. The lowest BCUT2D eigenvalue weighted by Crippen LogP contribution is -2.37. The Morgan fingerprint density at radius 1 is 1.46 bits per heavy atom. The van der Waals surface area contributed by atoms with Crippen LogP contribution in [0.4, 0.5) is 0 Å². The van der Waals surface area contributed by atoms with Gasteiger partial charge in [0.2, 0.25) is 5.91 Å². The van der Waals surface area contributed by atoms with Crippen LogP contribution in [0.25, 0.3) is 0 Å². The van der Waals surface area contributed by atoms with Crippen molar-refractivity contribution in [2.75, 3.05) is 32.7 Å². The van der Waals surface area contributed by atoms with Crippen LogP contribution in [0.3, 0.4) is 0 Å². The first-order valence-electron chi connectivity index (χ1n) is 4.93. The minimum Gasteiger partial charge on any atom is -0.355 e. The standard InChI is InChI=1S/C9H21N3O/c1-3-11-9(13)8-12(4-2)7-5-6-10/h3-8,10H2,1-2H3,(H,11,13). The minimum atomic E-state index is 0.0985. The Labute approximate surface area is 80.5 Å². The fourth-order valence-electron chi connectivity index (χ4n) is 1.12. The Morgan fingerprint density at radius 3 is 2.62 bits per heavy atom. The van der Waals surface area contributed by atoms with E-state index in [9.17, 15) is 4.79 Å². The third-order valence-electron chi connectivity index (χ3n) is 1.87. The molecule has 0 bridgehead atoms. The van der Waals surface area contributed by atoms with Crippen molar-refractivity contribution >= 4 is 5.91 Å². The van der Waals surface area contributed by atoms with Crippen molar-refractivity contribution in [1.29, 1.82) is 0 Å². The predicted molar refractivity (Wildman–Crippen MR) is 54.5 cm³/mol. The van der Waals surface area contributed by atoms with Gasteiger partial charge in [-0.1, -0.05) is 6.92 Å². The molecule has 4 nitrogen and oxygen atoms in total. The Balaban J connectivity index is 3.62. The Kier molecular flexibility index (Phi) is 7.63. The number of hydrogen-bond acceptors (Lipinski definition) is 3. The van der Waals surface area contributed by atoms with Gasteiger partial charge in [-0.2, -0.15) is 0 Å². The van der Waals surface area contributed by atoms with Crippen LogP contribution in [0, 0.1) is 0 Å². The van der Waals surface area contributed by atoms with Crippen LogP contribution >= 0.6 is 0 Å². The number of amides is 1. The summed E-state index contributed by atoms with van der Waals surface area (Å²) < 4.78 is 0. The highest BCUT2D eigenvalue weighted by Crippen LogP contribution is 1.89. The van der Waals surface area contributed by atoms with Crippen molar-refractivity contribution in [2.24, 2.45) is 5.73 Å². The quantitative estimate of drug-likeness (QED) is 0.580. The Bertz CT molecular complexity index is 139. The molecule has 1 amide bonds. The second-order valence-corrected chi connectivity index (χ2v) is 2.96. The molecule has 0 unspecified atom stereocenters. The molecule has 4 heteroatoms. The van der Waals surface area contributed by atoms with E-state index in [1.165, 1.54) is 0 Å². The van der Waals surface area contributed by atoms with E-state index in [0.717, 1.165) is 19.5 Å². The monoisotopic (exact) mass is 187 g/mol. The number of nitrogens with zero attached hydrogens (tertiary/aromatic N) is 1. The first kappa shape index (κ1) is 12.4. The number of nitrogens with one attached hydrogen (secondary N) is 1. The average Bonchev–Trinajstić information content (AvgIpc) is 2.12. The molecule has 3 N–H and O–H groups in total. The molecule has 0 atom stereocenters. The van der Waals surface area contributed by atoms with E-state index >= 15 is 0 Å². The lowest BCUT2D eigenvalue weighted by Gasteiger charge is -2.18. The minimum absolute atomic E-state index is 0.0985. The van der Waals surface area contributed by atoms with E-state index in [0.29, 0.717) is 19.6 Å². The number of hydrogen-bond donors (Lipinski definition) is 2. The second kappa shape index (κ2) is 8.01. The maximum atomic E-state index is 11.2. The smallest absolute Gasteiger partial charge is 0.234 e. The number of carbonyl (C=O) groups is 1. The normalized spacial score (nSPS) is 10.5. The highest BCUT2D eigenvalue weighted by Gasteiger charge is 2.06. The van der Waals surface area contributed by atoms with E-state index in [2.05, 4.69) is 17.1 Å². The summed E-state index contributed by atoms with van der Waals surface area (Å²) >= 11 is 0. The third-order valence-corrected chi connectivity index (χ3v) is 1.87. The Morgan fingerprint density at radius 2 is 2.15 bits per heavy atom.